The Kier molecular flexibility index (Phi) is 3.73. The quantitative estimate of drug-likeness (QED) is 0.848. The van der Waals surface area contributed by atoms with Crippen LogP contribution in [-0.4, -0.2) is 25.6 Å². The van der Waals surface area contributed by atoms with Crippen molar-refractivity contribution in [2.24, 2.45) is 0 Å². The van der Waals surface area contributed by atoms with Gasteiger partial charge in [-0.25, -0.2) is 8.42 Å². The van der Waals surface area contributed by atoms with Gasteiger partial charge in [-0.2, -0.15) is 0 Å². The van der Waals surface area contributed by atoms with Crippen LogP contribution in [0.25, 0.3) is 0 Å². The van der Waals surface area contributed by atoms with Crippen molar-refractivity contribution in [3.8, 4) is 0 Å². The van der Waals surface area contributed by atoms with Crippen LogP contribution >= 0.6 is 0 Å². The van der Waals surface area contributed by atoms with Crippen molar-refractivity contribution in [1.82, 2.24) is 5.32 Å². The van der Waals surface area contributed by atoms with Crippen LogP contribution in [0.3, 0.4) is 0 Å². The average Bonchev–Trinajstić information content (AvgIpc) is 2.36. The van der Waals surface area contributed by atoms with E-state index >= 15 is 0 Å². The zero-order chi connectivity index (χ0) is 15.1. The van der Waals surface area contributed by atoms with Gasteiger partial charge in [-0.05, 0) is 45.4 Å². The molecule has 2 rings (SSSR count). The summed E-state index contributed by atoms with van der Waals surface area (Å²) in [5.74, 6) is -0.443. The molecule has 0 saturated carbocycles. The Morgan fingerprint density at radius 3 is 2.10 bits per heavy atom. The number of amides is 1. The summed E-state index contributed by atoms with van der Waals surface area (Å²) in [6.07, 6.45) is 0. The van der Waals surface area contributed by atoms with Gasteiger partial charge in [-0.15, -0.1) is 0 Å². The van der Waals surface area contributed by atoms with Crippen LogP contribution in [-0.2, 0) is 14.6 Å². The minimum Gasteiger partial charge on any atom is -0.348 e. The molecule has 1 N–H and O–H groups in total. The van der Waals surface area contributed by atoms with Crippen LogP contribution in [0.15, 0.2) is 40.3 Å². The van der Waals surface area contributed by atoms with E-state index < -0.39 is 21.0 Å². The molecule has 20 heavy (non-hydrogen) atoms. The molecule has 0 bridgehead atoms. The number of benzene rings is 1. The molecule has 2 atom stereocenters. The molecule has 5 heteroatoms. The molecule has 108 valence electrons. The molecule has 1 aromatic rings. The monoisotopic (exact) mass is 293 g/mol. The lowest BCUT2D eigenvalue weighted by atomic mass is 9.97. The second kappa shape index (κ2) is 5.05. The Hall–Kier alpha value is -1.62. The smallest absolute Gasteiger partial charge is 0.243 e. The van der Waals surface area contributed by atoms with Gasteiger partial charge in [0, 0.05) is 6.04 Å². The summed E-state index contributed by atoms with van der Waals surface area (Å²) >= 11 is 0. The molecule has 1 aliphatic heterocycles. The predicted molar refractivity (Wildman–Crippen MR) is 78.1 cm³/mol. The van der Waals surface area contributed by atoms with Crippen LogP contribution in [0.2, 0.25) is 0 Å². The first-order chi connectivity index (χ1) is 9.25. The van der Waals surface area contributed by atoms with Gasteiger partial charge >= 0.3 is 0 Å². The molecule has 0 aliphatic carbocycles. The van der Waals surface area contributed by atoms with E-state index in [2.05, 4.69) is 5.32 Å². The molecule has 0 saturated heterocycles. The molecule has 4 nitrogen and oxygen atoms in total. The minimum absolute atomic E-state index is 0.119. The Morgan fingerprint density at radius 1 is 1.00 bits per heavy atom. The number of hydrogen-bond donors (Lipinski definition) is 1. The van der Waals surface area contributed by atoms with Crippen molar-refractivity contribution < 1.29 is 13.2 Å². The van der Waals surface area contributed by atoms with Crippen LogP contribution in [0, 0.1) is 6.92 Å². The average molecular weight is 293 g/mol. The molecule has 0 fully saturated rings. The number of aryl methyl sites for hydroxylation is 1. The van der Waals surface area contributed by atoms with Crippen molar-refractivity contribution >= 4 is 15.7 Å². The third-order valence-corrected chi connectivity index (χ3v) is 6.04. The standard InChI is InChI=1S/C15H19NO3S/c1-9-5-7-13(8-6-9)20(18,19)14-11(3)10(2)12(4)16-15(14)17/h5-8,12,14H,1-4H3,(H,16,17)/t12-,14-/m0/s1. The lowest BCUT2D eigenvalue weighted by Gasteiger charge is -2.29. The van der Waals surface area contributed by atoms with Gasteiger partial charge in [0.15, 0.2) is 15.1 Å². The Balaban J connectivity index is 2.54. The summed E-state index contributed by atoms with van der Waals surface area (Å²) < 4.78 is 25.4. The van der Waals surface area contributed by atoms with Gasteiger partial charge < -0.3 is 5.32 Å². The maximum atomic E-state index is 12.7. The highest BCUT2D eigenvalue weighted by Crippen LogP contribution is 2.28. The highest BCUT2D eigenvalue weighted by atomic mass is 32.2. The van der Waals surface area contributed by atoms with Crippen LogP contribution in [0.1, 0.15) is 26.3 Å². The fourth-order valence-corrected chi connectivity index (χ4v) is 4.17. The summed E-state index contributed by atoms with van der Waals surface area (Å²) in [6, 6.07) is 6.47. The van der Waals surface area contributed by atoms with E-state index in [9.17, 15) is 13.2 Å². The molecule has 0 unspecified atom stereocenters. The molecule has 1 aromatic carbocycles. The van der Waals surface area contributed by atoms with Crippen molar-refractivity contribution in [2.75, 3.05) is 0 Å². The van der Waals surface area contributed by atoms with E-state index in [1.165, 1.54) is 0 Å². The van der Waals surface area contributed by atoms with Gasteiger partial charge in [-0.1, -0.05) is 23.3 Å². The van der Waals surface area contributed by atoms with Gasteiger partial charge in [0.05, 0.1) is 4.90 Å². The van der Waals surface area contributed by atoms with Gasteiger partial charge in [0.2, 0.25) is 5.91 Å². The number of nitrogens with one attached hydrogen (secondary N) is 1. The van der Waals surface area contributed by atoms with Crippen molar-refractivity contribution in [1.29, 1.82) is 0 Å². The van der Waals surface area contributed by atoms with Gasteiger partial charge in [-0.3, -0.25) is 4.79 Å². The van der Waals surface area contributed by atoms with Crippen LogP contribution < -0.4 is 5.32 Å². The highest BCUT2D eigenvalue weighted by molar-refractivity contribution is 7.93. The van der Waals surface area contributed by atoms with Crippen LogP contribution in [0.4, 0.5) is 0 Å². The van der Waals surface area contributed by atoms with E-state index in [1.54, 1.807) is 31.2 Å². The summed E-state index contributed by atoms with van der Waals surface area (Å²) in [5.41, 5.74) is 2.52. The number of rotatable bonds is 2. The maximum absolute atomic E-state index is 12.7. The van der Waals surface area contributed by atoms with E-state index in [4.69, 9.17) is 0 Å². The van der Waals surface area contributed by atoms with E-state index in [-0.39, 0.29) is 10.9 Å². The summed E-state index contributed by atoms with van der Waals surface area (Å²) in [6.45, 7) is 7.32. The Morgan fingerprint density at radius 2 is 1.55 bits per heavy atom. The zero-order valence-corrected chi connectivity index (χ0v) is 12.9. The third kappa shape index (κ3) is 2.38. The van der Waals surface area contributed by atoms with Crippen molar-refractivity contribution in [3.05, 3.63) is 41.0 Å². The topological polar surface area (TPSA) is 63.2 Å². The highest BCUT2D eigenvalue weighted by Gasteiger charge is 2.40. The molecule has 1 amide bonds. The van der Waals surface area contributed by atoms with Crippen LogP contribution in [0.5, 0.6) is 0 Å². The number of sulfone groups is 1. The lowest BCUT2D eigenvalue weighted by Crippen LogP contribution is -2.49. The first kappa shape index (κ1) is 14.8. The second-order valence-electron chi connectivity index (χ2n) is 5.33. The second-order valence-corrected chi connectivity index (χ2v) is 7.37. The lowest BCUT2D eigenvalue weighted by molar-refractivity contribution is -0.120. The molecule has 0 aromatic heterocycles. The van der Waals surface area contributed by atoms with Gasteiger partial charge in [0.25, 0.3) is 0 Å². The van der Waals surface area contributed by atoms with E-state index in [1.807, 2.05) is 20.8 Å². The Labute approximate surface area is 119 Å². The minimum atomic E-state index is -3.70. The van der Waals surface area contributed by atoms with Crippen molar-refractivity contribution in [2.45, 2.75) is 43.9 Å². The summed E-state index contributed by atoms with van der Waals surface area (Å²) in [5, 5.41) is 1.60. The first-order valence-electron chi connectivity index (χ1n) is 6.53. The predicted octanol–water partition coefficient (Wildman–Crippen LogP) is 1.99. The van der Waals surface area contributed by atoms with Gasteiger partial charge in [0.1, 0.15) is 0 Å². The fraction of sp³-hybridized carbons (Fsp3) is 0.400. The zero-order valence-electron chi connectivity index (χ0n) is 12.1. The van der Waals surface area contributed by atoms with E-state index in [0.717, 1.165) is 11.1 Å². The SMILES string of the molecule is CC1=C(C)[C@H](C)NC(=O)[C@H]1S(=O)(=O)c1ccc(C)cc1. The normalized spacial score (nSPS) is 23.7. The fourth-order valence-electron chi connectivity index (χ4n) is 2.38. The number of carbonyl (C=O) groups is 1. The Bertz CT molecular complexity index is 672. The summed E-state index contributed by atoms with van der Waals surface area (Å²) in [4.78, 5) is 12.3. The molecular weight excluding hydrogens is 274 g/mol. The summed E-state index contributed by atoms with van der Waals surface area (Å²) in [7, 11) is -3.70. The molecule has 1 aliphatic rings. The van der Waals surface area contributed by atoms with Crippen molar-refractivity contribution in [3.63, 3.8) is 0 Å². The number of carbonyl (C=O) groups excluding carboxylic acids is 1. The first-order valence-corrected chi connectivity index (χ1v) is 8.08. The number of hydrogen-bond acceptors (Lipinski definition) is 3. The molecular formula is C15H19NO3S. The maximum Gasteiger partial charge on any atom is 0.243 e. The largest absolute Gasteiger partial charge is 0.348 e. The third-order valence-electron chi connectivity index (χ3n) is 3.92. The molecule has 0 radical (unpaired) electrons. The van der Waals surface area contributed by atoms with E-state index in [0.29, 0.717) is 5.57 Å². The molecule has 0 spiro atoms. The molecule has 1 heterocycles.